The van der Waals surface area contributed by atoms with Crippen LogP contribution in [0.15, 0.2) is 43.5 Å². The number of amides is 2. The van der Waals surface area contributed by atoms with Crippen molar-refractivity contribution in [2.45, 2.75) is 13.8 Å². The summed E-state index contributed by atoms with van der Waals surface area (Å²) in [6.45, 7) is 12.3. The van der Waals surface area contributed by atoms with Crippen LogP contribution >= 0.6 is 0 Å². The van der Waals surface area contributed by atoms with Crippen molar-refractivity contribution >= 4 is 11.7 Å². The molecule has 0 aliphatic rings. The molecule has 3 heteroatoms. The fourth-order valence-electron chi connectivity index (χ4n) is 1.80. The molecule has 1 aromatic rings. The van der Waals surface area contributed by atoms with Gasteiger partial charge < -0.3 is 10.2 Å². The first kappa shape index (κ1) is 14.0. The minimum atomic E-state index is -0.139. The largest absolute Gasteiger partial charge is 0.322 e. The van der Waals surface area contributed by atoms with Crippen LogP contribution in [-0.2, 0) is 0 Å². The number of nitrogens with one attached hydrogen (secondary N) is 1. The van der Waals surface area contributed by atoms with Crippen molar-refractivity contribution in [2.24, 2.45) is 0 Å². The molecule has 0 bridgehead atoms. The van der Waals surface area contributed by atoms with E-state index in [1.54, 1.807) is 17.1 Å². The minimum absolute atomic E-state index is 0.139. The van der Waals surface area contributed by atoms with Crippen molar-refractivity contribution in [1.29, 1.82) is 0 Å². The molecule has 0 aliphatic carbocycles. The topological polar surface area (TPSA) is 32.3 Å². The van der Waals surface area contributed by atoms with Crippen molar-refractivity contribution in [3.05, 3.63) is 54.6 Å². The first-order valence-corrected chi connectivity index (χ1v) is 5.93. The number of nitrogens with zero attached hydrogens (tertiary/aromatic N) is 1. The van der Waals surface area contributed by atoms with Crippen molar-refractivity contribution in [3.8, 4) is 0 Å². The lowest BCUT2D eigenvalue weighted by atomic mass is 10.1. The second-order valence-corrected chi connectivity index (χ2v) is 4.29. The Morgan fingerprint density at radius 2 is 1.67 bits per heavy atom. The summed E-state index contributed by atoms with van der Waals surface area (Å²) >= 11 is 0. The van der Waals surface area contributed by atoms with Crippen LogP contribution in [0.1, 0.15) is 11.1 Å². The van der Waals surface area contributed by atoms with Crippen molar-refractivity contribution in [3.63, 3.8) is 0 Å². The van der Waals surface area contributed by atoms with E-state index in [0.29, 0.717) is 13.1 Å². The highest BCUT2D eigenvalue weighted by molar-refractivity contribution is 5.89. The van der Waals surface area contributed by atoms with Gasteiger partial charge in [-0.3, -0.25) is 0 Å². The van der Waals surface area contributed by atoms with E-state index in [4.69, 9.17) is 0 Å². The van der Waals surface area contributed by atoms with Crippen molar-refractivity contribution < 1.29 is 4.79 Å². The molecule has 0 radical (unpaired) electrons. The van der Waals surface area contributed by atoms with E-state index in [2.05, 4.69) is 24.5 Å². The highest BCUT2D eigenvalue weighted by Crippen LogP contribution is 2.14. The summed E-state index contributed by atoms with van der Waals surface area (Å²) in [5.41, 5.74) is 3.07. The molecular weight excluding hydrogens is 224 g/mol. The SMILES string of the molecule is C=CCN(CC=C)C(=O)Nc1cc(C)cc(C)c1. The third kappa shape index (κ3) is 4.09. The average molecular weight is 244 g/mol. The molecule has 3 nitrogen and oxygen atoms in total. The Labute approximate surface area is 109 Å². The van der Waals surface area contributed by atoms with Gasteiger partial charge in [0.1, 0.15) is 0 Å². The third-order valence-electron chi connectivity index (χ3n) is 2.46. The fourth-order valence-corrected chi connectivity index (χ4v) is 1.80. The summed E-state index contributed by atoms with van der Waals surface area (Å²) in [6.07, 6.45) is 3.40. The molecule has 96 valence electrons. The Kier molecular flexibility index (Phi) is 5.18. The Morgan fingerprint density at radius 3 is 2.11 bits per heavy atom. The highest BCUT2D eigenvalue weighted by Gasteiger charge is 2.10. The van der Waals surface area contributed by atoms with E-state index in [-0.39, 0.29) is 6.03 Å². The van der Waals surface area contributed by atoms with Gasteiger partial charge in [0.2, 0.25) is 0 Å². The molecule has 0 aliphatic heterocycles. The van der Waals surface area contributed by atoms with Gasteiger partial charge in [-0.25, -0.2) is 4.79 Å². The maximum absolute atomic E-state index is 12.0. The number of carbonyl (C=O) groups is 1. The molecule has 18 heavy (non-hydrogen) atoms. The first-order chi connectivity index (χ1) is 8.56. The Morgan fingerprint density at radius 1 is 1.17 bits per heavy atom. The maximum atomic E-state index is 12.0. The Hall–Kier alpha value is -2.03. The van der Waals surface area contributed by atoms with Crippen molar-refractivity contribution in [2.75, 3.05) is 18.4 Å². The molecule has 1 aromatic carbocycles. The zero-order valence-corrected chi connectivity index (χ0v) is 11.1. The predicted molar refractivity (Wildman–Crippen MR) is 76.9 cm³/mol. The van der Waals surface area contributed by atoms with Gasteiger partial charge in [-0.1, -0.05) is 18.2 Å². The van der Waals surface area contributed by atoms with Crippen LogP contribution in [-0.4, -0.2) is 24.0 Å². The summed E-state index contributed by atoms with van der Waals surface area (Å²) in [5, 5.41) is 2.88. The fraction of sp³-hybridized carbons (Fsp3) is 0.267. The molecule has 0 aromatic heterocycles. The standard InChI is InChI=1S/C15H20N2O/c1-5-7-17(8-6-2)15(18)16-14-10-12(3)9-13(4)11-14/h5-6,9-11H,1-2,7-8H2,3-4H3,(H,16,18). The smallest absolute Gasteiger partial charge is 0.317 e. The summed E-state index contributed by atoms with van der Waals surface area (Å²) < 4.78 is 0. The summed E-state index contributed by atoms with van der Waals surface area (Å²) in [7, 11) is 0. The molecule has 2 amide bonds. The van der Waals surface area contributed by atoms with E-state index < -0.39 is 0 Å². The maximum Gasteiger partial charge on any atom is 0.322 e. The Balaban J connectivity index is 2.77. The van der Waals surface area contributed by atoms with Gasteiger partial charge in [0.15, 0.2) is 0 Å². The lowest BCUT2D eigenvalue weighted by Crippen LogP contribution is -2.35. The monoisotopic (exact) mass is 244 g/mol. The normalized spacial score (nSPS) is 9.67. The van der Waals surface area contributed by atoms with Gasteiger partial charge in [-0.2, -0.15) is 0 Å². The number of anilines is 1. The summed E-state index contributed by atoms with van der Waals surface area (Å²) in [5.74, 6) is 0. The third-order valence-corrected chi connectivity index (χ3v) is 2.46. The second kappa shape index (κ2) is 6.64. The lowest BCUT2D eigenvalue weighted by molar-refractivity contribution is 0.222. The van der Waals surface area contributed by atoms with Gasteiger partial charge in [0, 0.05) is 18.8 Å². The Bertz CT molecular complexity index is 422. The lowest BCUT2D eigenvalue weighted by Gasteiger charge is -2.20. The van der Waals surface area contributed by atoms with Crippen LogP contribution in [0.25, 0.3) is 0 Å². The zero-order chi connectivity index (χ0) is 13.5. The van der Waals surface area contributed by atoms with Gasteiger partial charge in [0.05, 0.1) is 0 Å². The number of hydrogen-bond donors (Lipinski definition) is 1. The summed E-state index contributed by atoms with van der Waals surface area (Å²) in [4.78, 5) is 13.7. The molecule has 0 fully saturated rings. The molecule has 0 atom stereocenters. The van der Waals surface area contributed by atoms with E-state index >= 15 is 0 Å². The molecule has 1 N–H and O–H groups in total. The molecule has 1 rings (SSSR count). The number of benzene rings is 1. The molecule has 0 unspecified atom stereocenters. The van der Waals surface area contributed by atoms with Gasteiger partial charge >= 0.3 is 6.03 Å². The van der Waals surface area contributed by atoms with Crippen molar-refractivity contribution in [1.82, 2.24) is 4.90 Å². The summed E-state index contributed by atoms with van der Waals surface area (Å²) in [6, 6.07) is 5.83. The number of urea groups is 1. The highest BCUT2D eigenvalue weighted by atomic mass is 16.2. The molecule has 0 spiro atoms. The van der Waals surface area contributed by atoms with Gasteiger partial charge in [-0.05, 0) is 37.1 Å². The zero-order valence-electron chi connectivity index (χ0n) is 11.1. The van der Waals surface area contributed by atoms with Gasteiger partial charge in [0.25, 0.3) is 0 Å². The van der Waals surface area contributed by atoms with Crippen LogP contribution in [0.4, 0.5) is 10.5 Å². The van der Waals surface area contributed by atoms with Gasteiger partial charge in [-0.15, -0.1) is 13.2 Å². The second-order valence-electron chi connectivity index (χ2n) is 4.29. The molecular formula is C15H20N2O. The number of hydrogen-bond acceptors (Lipinski definition) is 1. The average Bonchev–Trinajstić information content (AvgIpc) is 2.27. The minimum Gasteiger partial charge on any atom is -0.317 e. The van der Waals surface area contributed by atoms with E-state index in [9.17, 15) is 4.79 Å². The van der Waals surface area contributed by atoms with E-state index in [1.807, 2.05) is 26.0 Å². The van der Waals surface area contributed by atoms with Crippen LogP contribution in [0.2, 0.25) is 0 Å². The van der Waals surface area contributed by atoms with E-state index in [1.165, 1.54) is 0 Å². The van der Waals surface area contributed by atoms with Crippen LogP contribution in [0.3, 0.4) is 0 Å². The molecule has 0 heterocycles. The van der Waals surface area contributed by atoms with E-state index in [0.717, 1.165) is 16.8 Å². The molecule has 0 saturated carbocycles. The number of rotatable bonds is 5. The van der Waals surface area contributed by atoms with Crippen LogP contribution < -0.4 is 5.32 Å². The number of aryl methyl sites for hydroxylation is 2. The quantitative estimate of drug-likeness (QED) is 0.790. The van der Waals surface area contributed by atoms with Crippen LogP contribution in [0.5, 0.6) is 0 Å². The first-order valence-electron chi connectivity index (χ1n) is 5.93. The van der Waals surface area contributed by atoms with Crippen LogP contribution in [0, 0.1) is 13.8 Å². The number of carbonyl (C=O) groups excluding carboxylic acids is 1. The predicted octanol–water partition coefficient (Wildman–Crippen LogP) is 3.51. The molecule has 0 saturated heterocycles.